The third kappa shape index (κ3) is 8.18. The van der Waals surface area contributed by atoms with Crippen molar-refractivity contribution in [2.24, 2.45) is 17.3 Å². The Morgan fingerprint density at radius 2 is 1.68 bits per heavy atom. The highest BCUT2D eigenvalue weighted by atomic mass is 32.2. The molecule has 0 amide bonds. The molecule has 0 heterocycles. The van der Waals surface area contributed by atoms with Crippen molar-refractivity contribution in [2.45, 2.75) is 168 Å². The topological polar surface area (TPSA) is 38.7 Å². The smallest absolute Gasteiger partial charge is 0.193 e. The van der Waals surface area contributed by atoms with E-state index in [1.807, 2.05) is 11.8 Å². The molecule has 252 valence electrons. The lowest BCUT2D eigenvalue weighted by atomic mass is 9.64. The fraction of sp³-hybridized carbons (Fsp3) is 0.789. The molecule has 2 fully saturated rings. The van der Waals surface area contributed by atoms with Gasteiger partial charge in [-0.2, -0.15) is 0 Å². The predicted octanol–water partition coefficient (Wildman–Crippen LogP) is 11.6. The van der Waals surface area contributed by atoms with Crippen molar-refractivity contribution in [3.8, 4) is 0 Å². The summed E-state index contributed by atoms with van der Waals surface area (Å²) in [6.07, 6.45) is 14.6. The van der Waals surface area contributed by atoms with Crippen molar-refractivity contribution in [2.75, 3.05) is 5.75 Å². The van der Waals surface area contributed by atoms with Crippen LogP contribution in [0.25, 0.3) is 0 Å². The highest BCUT2D eigenvalue weighted by molar-refractivity contribution is 8.00. The van der Waals surface area contributed by atoms with E-state index >= 15 is 0 Å². The minimum absolute atomic E-state index is 0.0757. The van der Waals surface area contributed by atoms with Crippen LogP contribution in [0.2, 0.25) is 36.3 Å². The molecular weight excluding hydrogens is 593 g/mol. The molecule has 3 nitrogen and oxygen atoms in total. The Kier molecular flexibility index (Phi) is 11.8. The second-order valence-corrected chi connectivity index (χ2v) is 28.6. The first-order valence-electron chi connectivity index (χ1n) is 17.5. The number of aliphatic hydroxyl groups excluding tert-OH is 1. The van der Waals surface area contributed by atoms with E-state index in [0.29, 0.717) is 17.1 Å². The summed E-state index contributed by atoms with van der Waals surface area (Å²) in [6, 6.07) is 0. The summed E-state index contributed by atoms with van der Waals surface area (Å²) in [4.78, 5) is -0.469. The Morgan fingerprint density at radius 1 is 1.07 bits per heavy atom. The van der Waals surface area contributed by atoms with Crippen molar-refractivity contribution in [1.29, 1.82) is 0 Å². The maximum Gasteiger partial charge on any atom is 0.193 e. The van der Waals surface area contributed by atoms with Crippen molar-refractivity contribution >= 4 is 28.4 Å². The first kappa shape index (κ1) is 38.1. The van der Waals surface area contributed by atoms with Gasteiger partial charge in [-0.05, 0) is 96.8 Å². The summed E-state index contributed by atoms with van der Waals surface area (Å²) in [7, 11) is -4.25. The van der Waals surface area contributed by atoms with E-state index in [2.05, 4.69) is 114 Å². The van der Waals surface area contributed by atoms with Crippen LogP contribution in [0.4, 0.5) is 0 Å². The minimum Gasteiger partial charge on any atom is -0.410 e. The van der Waals surface area contributed by atoms with Crippen molar-refractivity contribution in [3.05, 3.63) is 47.1 Å². The summed E-state index contributed by atoms with van der Waals surface area (Å²) in [5.41, 5.74) is 5.97. The molecule has 3 aliphatic carbocycles. The molecule has 3 rings (SSSR count). The average molecular weight is 661 g/mol. The number of thioether (sulfide) groups is 1. The van der Waals surface area contributed by atoms with Crippen LogP contribution in [0.15, 0.2) is 47.1 Å². The molecule has 3 aliphatic rings. The Bertz CT molecular complexity index is 1140. The van der Waals surface area contributed by atoms with Gasteiger partial charge >= 0.3 is 0 Å². The highest BCUT2D eigenvalue weighted by Crippen LogP contribution is 2.56. The van der Waals surface area contributed by atoms with E-state index in [4.69, 9.17) is 15.4 Å². The van der Waals surface area contributed by atoms with Crippen LogP contribution in [0, 0.1) is 17.3 Å². The Labute approximate surface area is 279 Å². The Morgan fingerprint density at radius 3 is 2.23 bits per heavy atom. The molecule has 44 heavy (non-hydrogen) atoms. The van der Waals surface area contributed by atoms with Crippen LogP contribution < -0.4 is 0 Å². The Hall–Kier alpha value is -0.376. The fourth-order valence-electron chi connectivity index (χ4n) is 6.83. The zero-order valence-corrected chi connectivity index (χ0v) is 33.9. The van der Waals surface area contributed by atoms with Crippen LogP contribution in [0.1, 0.15) is 114 Å². The molecule has 0 aliphatic heterocycles. The van der Waals surface area contributed by atoms with Gasteiger partial charge in [-0.3, -0.25) is 0 Å². The lowest BCUT2D eigenvalue weighted by molar-refractivity contribution is 0.0711. The van der Waals surface area contributed by atoms with E-state index in [1.165, 1.54) is 31.3 Å². The molecule has 1 N–H and O–H groups in total. The molecule has 0 bridgehead atoms. The van der Waals surface area contributed by atoms with Gasteiger partial charge in [-0.1, -0.05) is 105 Å². The third-order valence-electron chi connectivity index (χ3n) is 12.1. The van der Waals surface area contributed by atoms with Crippen molar-refractivity contribution < 1.29 is 14.0 Å². The first-order valence-corrected chi connectivity index (χ1v) is 24.3. The second kappa shape index (κ2) is 13.6. The lowest BCUT2D eigenvalue weighted by Crippen LogP contribution is -2.54. The average Bonchev–Trinajstić information content (AvgIpc) is 3.23. The largest absolute Gasteiger partial charge is 0.410 e. The van der Waals surface area contributed by atoms with Gasteiger partial charge in [-0.25, -0.2) is 0 Å². The maximum absolute atomic E-state index is 11.0. The number of aliphatic hydroxyl groups is 1. The quantitative estimate of drug-likeness (QED) is 0.144. The molecule has 0 radical (unpaired) electrons. The van der Waals surface area contributed by atoms with E-state index in [-0.39, 0.29) is 28.2 Å². The van der Waals surface area contributed by atoms with Crippen LogP contribution in [0.3, 0.4) is 0 Å². The van der Waals surface area contributed by atoms with E-state index in [9.17, 15) is 5.11 Å². The fourth-order valence-corrected chi connectivity index (χ4v) is 11.8. The number of fused-ring (bicyclic) bond motifs is 1. The predicted molar refractivity (Wildman–Crippen MR) is 199 cm³/mol. The molecule has 0 saturated heterocycles. The summed E-state index contributed by atoms with van der Waals surface area (Å²) in [5.74, 6) is 1.48. The second-order valence-electron chi connectivity index (χ2n) is 17.7. The van der Waals surface area contributed by atoms with E-state index < -0.39 is 21.6 Å². The van der Waals surface area contributed by atoms with Gasteiger partial charge < -0.3 is 14.0 Å². The van der Waals surface area contributed by atoms with Gasteiger partial charge in [0.05, 0.1) is 12.2 Å². The monoisotopic (exact) mass is 660 g/mol. The lowest BCUT2D eigenvalue weighted by Gasteiger charge is -2.51. The third-order valence-corrected chi connectivity index (χ3v) is 22.7. The molecule has 6 heteroatoms. The van der Waals surface area contributed by atoms with E-state index in [0.717, 1.165) is 24.8 Å². The van der Waals surface area contributed by atoms with Gasteiger partial charge in [-0.15, -0.1) is 11.8 Å². The summed E-state index contributed by atoms with van der Waals surface area (Å²) < 4.78 is 14.7. The normalized spacial score (nSPS) is 31.5. The number of allylic oxidation sites excluding steroid dienone is 5. The van der Waals surface area contributed by atoms with Gasteiger partial charge in [0.15, 0.2) is 16.6 Å². The zero-order chi connectivity index (χ0) is 33.5. The number of hydrogen-bond acceptors (Lipinski definition) is 4. The minimum atomic E-state index is -2.16. The molecular formula is C38H68O3SSi2. The molecule has 0 aromatic heterocycles. The highest BCUT2D eigenvalue weighted by Gasteiger charge is 2.51. The van der Waals surface area contributed by atoms with Crippen LogP contribution >= 0.6 is 11.8 Å². The van der Waals surface area contributed by atoms with Crippen LogP contribution in [0.5, 0.6) is 0 Å². The van der Waals surface area contributed by atoms with Crippen molar-refractivity contribution in [3.63, 3.8) is 0 Å². The molecule has 0 unspecified atom stereocenters. The van der Waals surface area contributed by atoms with Gasteiger partial charge in [0.1, 0.15) is 4.93 Å². The van der Waals surface area contributed by atoms with Gasteiger partial charge in [0.25, 0.3) is 0 Å². The summed E-state index contributed by atoms with van der Waals surface area (Å²) >= 11 is 1.83. The number of hydrogen-bond donors (Lipinski definition) is 1. The molecule has 0 spiro atoms. The van der Waals surface area contributed by atoms with Crippen molar-refractivity contribution in [1.82, 2.24) is 0 Å². The zero-order valence-electron chi connectivity index (χ0n) is 31.1. The number of rotatable bonds is 10. The molecule has 0 aromatic carbocycles. The van der Waals surface area contributed by atoms with Crippen LogP contribution in [-0.2, 0) is 8.85 Å². The molecule has 5 atom stereocenters. The summed E-state index contributed by atoms with van der Waals surface area (Å²) in [6.45, 7) is 37.2. The van der Waals surface area contributed by atoms with Gasteiger partial charge in [0, 0.05) is 18.6 Å². The molecule has 2 saturated carbocycles. The first-order chi connectivity index (χ1) is 20.0. The van der Waals surface area contributed by atoms with E-state index in [1.54, 1.807) is 11.1 Å². The SMILES string of the molecule is C=C1C(=CC=C2CCC[C@]3(C)C(CC)=CC[C@@H]23)C[C@](O[Si](C)(C)C(C)(C)C)(SC[C@@H](O)C(C)C)C[C@@H]1O[Si](C)(C)C(C)(C)C. The maximum atomic E-state index is 11.0. The summed E-state index contributed by atoms with van der Waals surface area (Å²) in [5, 5.41) is 11.2. The molecule has 0 aromatic rings. The van der Waals surface area contributed by atoms with Crippen LogP contribution in [-0.4, -0.2) is 44.6 Å². The Balaban J connectivity index is 2.11. The van der Waals surface area contributed by atoms with Gasteiger partial charge in [0.2, 0.25) is 0 Å². The standard InChI is InChI=1S/C38H68O3SSi2/c1-16-31-21-22-32-29(18-17-23-37(31,32)11)19-20-30-24-38(42-26-33(39)27(2)3,41-44(14,15)36(8,9)10)25-34(28(30)4)40-43(12,13)35(5,6)7/h19-21,27,32-34,39H,4,16-18,22-26H2,1-3,5-15H3/t32-,33+,34-,37+,38-/m0/s1.